The van der Waals surface area contributed by atoms with Gasteiger partial charge in [0.25, 0.3) is 5.91 Å². The number of hydrogen-bond donors (Lipinski definition) is 3. The third kappa shape index (κ3) is 4.36. The summed E-state index contributed by atoms with van der Waals surface area (Å²) in [4.78, 5) is 47.3. The molecule has 2 aliphatic heterocycles. The minimum atomic E-state index is -1.09. The van der Waals surface area contributed by atoms with Crippen molar-refractivity contribution in [3.8, 4) is 0 Å². The van der Waals surface area contributed by atoms with E-state index < -0.39 is 40.0 Å². The zero-order chi connectivity index (χ0) is 22.2. The average Bonchev–Trinajstić information content (AvgIpc) is 3.17. The number of carboxylic acid groups (broad SMARTS) is 1. The van der Waals surface area contributed by atoms with Crippen LogP contribution in [0.5, 0.6) is 0 Å². The summed E-state index contributed by atoms with van der Waals surface area (Å²) in [6.07, 6.45) is 1.33. The van der Waals surface area contributed by atoms with Crippen molar-refractivity contribution in [3.63, 3.8) is 0 Å². The van der Waals surface area contributed by atoms with E-state index >= 15 is 0 Å². The third-order valence-electron chi connectivity index (χ3n) is 4.41. The van der Waals surface area contributed by atoms with Gasteiger partial charge in [0, 0.05) is 10.1 Å². The van der Waals surface area contributed by atoms with Crippen molar-refractivity contribution in [2.45, 2.75) is 36.1 Å². The highest BCUT2D eigenvalue weighted by Gasteiger charge is 2.64. The second kappa shape index (κ2) is 8.61. The summed E-state index contributed by atoms with van der Waals surface area (Å²) in [5.41, 5.74) is 5.61. The lowest BCUT2D eigenvalue weighted by Gasteiger charge is -2.43. The summed E-state index contributed by atoms with van der Waals surface area (Å²) in [6.45, 7) is 3.40. The lowest BCUT2D eigenvalue weighted by atomic mass is 9.96. The number of fused-ring (bicyclic) bond motifs is 1. The summed E-state index contributed by atoms with van der Waals surface area (Å²) in [5.74, 6) is -2.28. The fraction of sp³-hybridized carbons (Fsp3) is 0.438. The van der Waals surface area contributed by atoms with Crippen LogP contribution >= 0.6 is 46.3 Å². The number of nitrogens with zero attached hydrogens (tertiary/aromatic N) is 3. The highest BCUT2D eigenvalue weighted by atomic mass is 35.5. The molecule has 3 atom stereocenters. The molecule has 3 rings (SSSR count). The highest BCUT2D eigenvalue weighted by Crippen LogP contribution is 2.50. The largest absolute Gasteiger partial charge is 0.480 e. The van der Waals surface area contributed by atoms with Gasteiger partial charge in [0.15, 0.2) is 10.8 Å². The molecule has 0 radical (unpaired) electrons. The minimum absolute atomic E-state index is 0.0249. The molecule has 3 heterocycles. The molecule has 2 saturated heterocycles. The number of carbonyl (C=O) groups is 3. The number of aliphatic carboxylic acids is 1. The van der Waals surface area contributed by atoms with Crippen LogP contribution in [0.1, 0.15) is 19.5 Å². The van der Waals surface area contributed by atoms with E-state index in [2.05, 4.69) is 15.5 Å². The van der Waals surface area contributed by atoms with Crippen molar-refractivity contribution in [1.82, 2.24) is 15.2 Å². The number of β-lactam (4-membered cyclic amide) rings is 1. The Morgan fingerprint density at radius 1 is 1.50 bits per heavy atom. The number of nitrogens with one attached hydrogen (secondary N) is 1. The van der Waals surface area contributed by atoms with Crippen LogP contribution in [-0.4, -0.2) is 67.3 Å². The number of thiazole rings is 1. The number of carbonyl (C=O) groups excluding carboxylic acids is 2. The Morgan fingerprint density at radius 2 is 2.20 bits per heavy atom. The molecule has 0 bridgehead atoms. The van der Waals surface area contributed by atoms with Crippen LogP contribution in [0.15, 0.2) is 21.1 Å². The van der Waals surface area contributed by atoms with Crippen molar-refractivity contribution >= 4 is 74.9 Å². The van der Waals surface area contributed by atoms with Gasteiger partial charge in [-0.2, -0.15) is 0 Å². The molecule has 1 aromatic rings. The van der Waals surface area contributed by atoms with Gasteiger partial charge in [0.1, 0.15) is 34.2 Å². The highest BCUT2D eigenvalue weighted by molar-refractivity contribution is 8.01. The van der Waals surface area contributed by atoms with Gasteiger partial charge in [0.2, 0.25) is 5.91 Å². The maximum absolute atomic E-state index is 12.8. The maximum atomic E-state index is 12.8. The van der Waals surface area contributed by atoms with E-state index in [1.54, 1.807) is 13.8 Å². The van der Waals surface area contributed by atoms with Crippen LogP contribution in [-0.2, 0) is 19.2 Å². The second-order valence-corrected chi connectivity index (χ2v) is 10.5. The number of carboxylic acids is 1. The number of aromatic nitrogens is 1. The first-order valence-electron chi connectivity index (χ1n) is 8.49. The second-order valence-electron chi connectivity index (χ2n) is 6.85. The Bertz CT molecular complexity index is 946. The number of rotatable bonds is 7. The Morgan fingerprint density at radius 3 is 2.77 bits per heavy atom. The predicted octanol–water partition coefficient (Wildman–Crippen LogP) is 1.40. The fourth-order valence-corrected chi connectivity index (χ4v) is 5.46. The van der Waals surface area contributed by atoms with Gasteiger partial charge < -0.3 is 25.9 Å². The summed E-state index contributed by atoms with van der Waals surface area (Å²) in [6, 6.07) is -1.88. The van der Waals surface area contributed by atoms with Crippen LogP contribution in [0.4, 0.5) is 5.13 Å². The first-order valence-corrected chi connectivity index (χ1v) is 11.0. The quantitative estimate of drug-likeness (QED) is 0.223. The van der Waals surface area contributed by atoms with Crippen LogP contribution in [0.2, 0.25) is 0 Å². The molecule has 0 unspecified atom stereocenters. The Balaban J connectivity index is 1.77. The van der Waals surface area contributed by atoms with E-state index in [-0.39, 0.29) is 27.6 Å². The fourth-order valence-electron chi connectivity index (χ4n) is 3.16. The Kier molecular flexibility index (Phi) is 6.51. The van der Waals surface area contributed by atoms with Gasteiger partial charge in [-0.1, -0.05) is 28.4 Å². The molecule has 0 saturated carbocycles. The first kappa shape index (κ1) is 22.7. The molecular weight excluding hydrogens is 477 g/mol. The van der Waals surface area contributed by atoms with Crippen molar-refractivity contribution < 1.29 is 24.3 Å². The SMILES string of the molecule is CC1(C)S[C@@H]2[C@@H](NC(=O)C(=NOCC=C(Cl)Cl)c3csc(N)n3)C(=O)N2[C@H]1C(=O)O. The number of nitrogens with two attached hydrogens (primary N) is 1. The Hall–Kier alpha value is -2.02. The van der Waals surface area contributed by atoms with E-state index in [0.717, 1.165) is 11.3 Å². The van der Waals surface area contributed by atoms with E-state index in [4.69, 9.17) is 33.8 Å². The number of anilines is 1. The van der Waals surface area contributed by atoms with Crippen LogP contribution < -0.4 is 11.1 Å². The van der Waals surface area contributed by atoms with Crippen molar-refractivity contribution in [2.75, 3.05) is 12.3 Å². The first-order chi connectivity index (χ1) is 14.0. The summed E-state index contributed by atoms with van der Waals surface area (Å²) in [7, 11) is 0. The number of nitrogen functional groups attached to an aromatic ring is 1. The van der Waals surface area contributed by atoms with E-state index in [1.807, 2.05) is 0 Å². The van der Waals surface area contributed by atoms with Gasteiger partial charge in [-0.3, -0.25) is 9.59 Å². The van der Waals surface area contributed by atoms with Gasteiger partial charge in [-0.05, 0) is 19.9 Å². The third-order valence-corrected chi connectivity index (χ3v) is 6.96. The van der Waals surface area contributed by atoms with Crippen molar-refractivity contribution in [1.29, 1.82) is 0 Å². The predicted molar refractivity (Wildman–Crippen MR) is 114 cm³/mol. The molecule has 30 heavy (non-hydrogen) atoms. The van der Waals surface area contributed by atoms with Crippen molar-refractivity contribution in [3.05, 3.63) is 21.6 Å². The van der Waals surface area contributed by atoms with Gasteiger partial charge in [0.05, 0.1) is 0 Å². The number of halogens is 2. The number of hydrogen-bond acceptors (Lipinski definition) is 9. The van der Waals surface area contributed by atoms with E-state index in [9.17, 15) is 19.5 Å². The molecule has 0 spiro atoms. The molecule has 14 heteroatoms. The van der Waals surface area contributed by atoms with E-state index in [1.165, 1.54) is 28.1 Å². The maximum Gasteiger partial charge on any atom is 0.327 e. The molecular formula is C16H17Cl2N5O5S2. The van der Waals surface area contributed by atoms with E-state index in [0.29, 0.717) is 0 Å². The molecule has 2 fully saturated rings. The standard InChI is InChI=1S/C16H17Cl2N5O5S2/c1-16(2)10(14(26)27)23-12(25)9(13(23)30-16)21-11(24)8(6-5-29-15(19)20-6)22-28-4-3-7(17)18/h3,5,9-10,13H,4H2,1-2H3,(H2,19,20)(H,21,24)(H,26,27)/t9-,10-,13+/m0/s1. The smallest absolute Gasteiger partial charge is 0.327 e. The number of oxime groups is 1. The molecule has 2 amide bonds. The van der Waals surface area contributed by atoms with Crippen LogP contribution in [0.25, 0.3) is 0 Å². The summed E-state index contributed by atoms with van der Waals surface area (Å²) >= 11 is 13.4. The molecule has 2 aliphatic rings. The molecule has 0 aromatic carbocycles. The zero-order valence-corrected chi connectivity index (χ0v) is 18.8. The van der Waals surface area contributed by atoms with Crippen LogP contribution in [0, 0.1) is 0 Å². The Labute approximate surface area is 189 Å². The summed E-state index contributed by atoms with van der Waals surface area (Å²) in [5, 5.41) is 17.1. The molecule has 10 nitrogen and oxygen atoms in total. The van der Waals surface area contributed by atoms with Gasteiger partial charge >= 0.3 is 5.97 Å². The summed E-state index contributed by atoms with van der Waals surface area (Å²) < 4.78 is -0.731. The van der Waals surface area contributed by atoms with Gasteiger partial charge in [-0.25, -0.2) is 9.78 Å². The number of thioether (sulfide) groups is 1. The van der Waals surface area contributed by atoms with Crippen molar-refractivity contribution in [2.24, 2.45) is 5.16 Å². The average molecular weight is 494 g/mol. The van der Waals surface area contributed by atoms with Gasteiger partial charge in [-0.15, -0.1) is 23.1 Å². The normalized spacial score (nSPS) is 24.7. The zero-order valence-electron chi connectivity index (χ0n) is 15.7. The lowest BCUT2D eigenvalue weighted by Crippen LogP contribution is -2.71. The monoisotopic (exact) mass is 493 g/mol. The molecule has 162 valence electrons. The number of amides is 2. The van der Waals surface area contributed by atoms with Crippen LogP contribution in [0.3, 0.4) is 0 Å². The molecule has 0 aliphatic carbocycles. The molecule has 4 N–H and O–H groups in total. The topological polar surface area (TPSA) is 147 Å². The molecule has 1 aromatic heterocycles. The lowest BCUT2D eigenvalue weighted by molar-refractivity contribution is -0.160. The minimum Gasteiger partial charge on any atom is -0.480 e.